The van der Waals surface area contributed by atoms with Crippen LogP contribution in [0.1, 0.15) is 24.6 Å². The number of fused-ring (bicyclic) bond motifs is 1. The van der Waals surface area contributed by atoms with Crippen molar-refractivity contribution in [2.24, 2.45) is 5.73 Å². The fraction of sp³-hybridized carbons (Fsp3) is 0.522. The first-order chi connectivity index (χ1) is 16.8. The van der Waals surface area contributed by atoms with Gasteiger partial charge in [0.15, 0.2) is 11.6 Å². The summed E-state index contributed by atoms with van der Waals surface area (Å²) in [4.78, 5) is 34.3. The van der Waals surface area contributed by atoms with Gasteiger partial charge in [0.25, 0.3) is 0 Å². The molecule has 2 saturated heterocycles. The SMILES string of the molecule is CC(N)(C=O)CN1CCC(O)(c2cc3nc(-c4cnc(N)nc4)nc(N4CCOCC4)c3s2)CC1. The Labute approximate surface area is 207 Å². The van der Waals surface area contributed by atoms with Crippen molar-refractivity contribution in [1.82, 2.24) is 24.8 Å². The van der Waals surface area contributed by atoms with Crippen LogP contribution in [0.15, 0.2) is 18.5 Å². The van der Waals surface area contributed by atoms with E-state index in [0.717, 1.165) is 40.3 Å². The van der Waals surface area contributed by atoms with Gasteiger partial charge in [0, 0.05) is 50.0 Å². The Morgan fingerprint density at radius 1 is 1.20 bits per heavy atom. The largest absolute Gasteiger partial charge is 0.384 e. The van der Waals surface area contributed by atoms with E-state index in [-0.39, 0.29) is 5.95 Å². The molecule has 1 unspecified atom stereocenters. The number of ether oxygens (including phenoxy) is 1. The second kappa shape index (κ2) is 9.36. The molecule has 2 aliphatic heterocycles. The molecular weight excluding hydrogens is 468 g/mol. The molecule has 2 aliphatic rings. The Morgan fingerprint density at radius 2 is 1.89 bits per heavy atom. The minimum absolute atomic E-state index is 0.192. The van der Waals surface area contributed by atoms with E-state index >= 15 is 0 Å². The van der Waals surface area contributed by atoms with Crippen LogP contribution in [-0.2, 0) is 15.1 Å². The van der Waals surface area contributed by atoms with Gasteiger partial charge in [-0.3, -0.25) is 0 Å². The highest BCUT2D eigenvalue weighted by Crippen LogP contribution is 2.42. The van der Waals surface area contributed by atoms with Crippen molar-refractivity contribution in [1.29, 1.82) is 0 Å². The number of thiophene rings is 1. The molecule has 0 bridgehead atoms. The van der Waals surface area contributed by atoms with Crippen LogP contribution in [0, 0.1) is 0 Å². The lowest BCUT2D eigenvalue weighted by molar-refractivity contribution is -0.112. The van der Waals surface area contributed by atoms with Crippen LogP contribution in [-0.4, -0.2) is 87.7 Å². The molecule has 0 aromatic carbocycles. The monoisotopic (exact) mass is 498 g/mol. The maximum atomic E-state index is 11.6. The number of hydrogen-bond acceptors (Lipinski definition) is 12. The molecule has 0 amide bonds. The second-order valence-electron chi connectivity index (χ2n) is 9.56. The van der Waals surface area contributed by atoms with Gasteiger partial charge in [-0.05, 0) is 25.8 Å². The van der Waals surface area contributed by atoms with E-state index in [1.54, 1.807) is 30.7 Å². The molecule has 35 heavy (non-hydrogen) atoms. The van der Waals surface area contributed by atoms with Gasteiger partial charge in [-0.25, -0.2) is 19.9 Å². The second-order valence-corrected chi connectivity index (χ2v) is 10.6. The number of aldehydes is 1. The summed E-state index contributed by atoms with van der Waals surface area (Å²) in [5, 5.41) is 11.6. The van der Waals surface area contributed by atoms with Crippen molar-refractivity contribution in [2.75, 3.05) is 56.6 Å². The number of piperidine rings is 1. The van der Waals surface area contributed by atoms with Crippen LogP contribution < -0.4 is 16.4 Å². The smallest absolute Gasteiger partial charge is 0.219 e. The fourth-order valence-corrected chi connectivity index (χ4v) is 5.82. The molecule has 2 fully saturated rings. The molecule has 186 valence electrons. The number of hydrogen-bond donors (Lipinski definition) is 3. The van der Waals surface area contributed by atoms with Gasteiger partial charge in [-0.1, -0.05) is 0 Å². The molecule has 3 aromatic heterocycles. The standard InChI is InChI=1S/C23H30N8O3S/c1-22(25,14-32)13-30-4-2-23(33,3-5-30)17-10-16-18(35-17)20(31-6-8-34-9-7-31)29-19(28-16)15-11-26-21(24)27-12-15/h10-12,14,33H,2-9,13,25H2,1H3,(H2,24,26,27). The van der Waals surface area contributed by atoms with Crippen LogP contribution in [0.4, 0.5) is 11.8 Å². The number of nitrogens with zero attached hydrogens (tertiary/aromatic N) is 6. The van der Waals surface area contributed by atoms with Crippen LogP contribution in [0.2, 0.25) is 0 Å². The van der Waals surface area contributed by atoms with Crippen molar-refractivity contribution < 1.29 is 14.6 Å². The number of morpholine rings is 1. The molecule has 0 radical (unpaired) electrons. The van der Waals surface area contributed by atoms with E-state index in [9.17, 15) is 9.90 Å². The molecular formula is C23H30N8O3S. The molecule has 11 nitrogen and oxygen atoms in total. The molecule has 12 heteroatoms. The predicted octanol–water partition coefficient (Wildman–Crippen LogP) is 0.767. The number of likely N-dealkylation sites (tertiary alicyclic amines) is 1. The summed E-state index contributed by atoms with van der Waals surface area (Å²) in [7, 11) is 0. The summed E-state index contributed by atoms with van der Waals surface area (Å²) >= 11 is 1.54. The highest BCUT2D eigenvalue weighted by atomic mass is 32.1. The van der Waals surface area contributed by atoms with E-state index < -0.39 is 11.1 Å². The van der Waals surface area contributed by atoms with Crippen molar-refractivity contribution >= 4 is 39.6 Å². The third kappa shape index (κ3) is 4.98. The zero-order valence-electron chi connectivity index (χ0n) is 19.7. The highest BCUT2D eigenvalue weighted by Gasteiger charge is 2.37. The minimum atomic E-state index is -0.971. The average molecular weight is 499 g/mol. The molecule has 3 aromatic rings. The number of carbonyl (C=O) groups excluding carboxylic acids is 1. The Kier molecular flexibility index (Phi) is 6.40. The highest BCUT2D eigenvalue weighted by molar-refractivity contribution is 7.19. The third-order valence-electron chi connectivity index (χ3n) is 6.57. The quantitative estimate of drug-likeness (QED) is 0.412. The first-order valence-electron chi connectivity index (χ1n) is 11.7. The van der Waals surface area contributed by atoms with Gasteiger partial charge in [-0.15, -0.1) is 11.3 Å². The van der Waals surface area contributed by atoms with Crippen molar-refractivity contribution in [3.05, 3.63) is 23.3 Å². The molecule has 0 aliphatic carbocycles. The van der Waals surface area contributed by atoms with Gasteiger partial charge in [0.05, 0.1) is 34.5 Å². The Morgan fingerprint density at radius 3 is 2.54 bits per heavy atom. The normalized spacial score (nSPS) is 20.6. The van der Waals surface area contributed by atoms with E-state index in [0.29, 0.717) is 57.1 Å². The molecule has 1 atom stereocenters. The van der Waals surface area contributed by atoms with Crippen LogP contribution in [0.25, 0.3) is 21.6 Å². The van der Waals surface area contributed by atoms with Crippen LogP contribution in [0.3, 0.4) is 0 Å². The van der Waals surface area contributed by atoms with E-state index in [2.05, 4.69) is 19.8 Å². The number of carbonyl (C=O) groups is 1. The van der Waals surface area contributed by atoms with Gasteiger partial charge < -0.3 is 35.9 Å². The Balaban J connectivity index is 1.48. The molecule has 5 N–H and O–H groups in total. The van der Waals surface area contributed by atoms with Crippen molar-refractivity contribution in [3.8, 4) is 11.4 Å². The molecule has 0 saturated carbocycles. The molecule has 5 heterocycles. The number of anilines is 2. The lowest BCUT2D eigenvalue weighted by atomic mass is 9.89. The third-order valence-corrected chi connectivity index (χ3v) is 7.88. The molecule has 5 rings (SSSR count). The first-order valence-corrected chi connectivity index (χ1v) is 12.5. The summed E-state index contributed by atoms with van der Waals surface area (Å²) in [6, 6.07) is 1.97. The number of aromatic nitrogens is 4. The zero-order chi connectivity index (χ0) is 24.6. The van der Waals surface area contributed by atoms with Crippen LogP contribution in [0.5, 0.6) is 0 Å². The van der Waals surface area contributed by atoms with Crippen molar-refractivity contribution in [2.45, 2.75) is 30.9 Å². The van der Waals surface area contributed by atoms with E-state index in [4.69, 9.17) is 26.2 Å². The summed E-state index contributed by atoms with van der Waals surface area (Å²) in [5.74, 6) is 1.53. The fourth-order valence-electron chi connectivity index (χ4n) is 4.56. The van der Waals surface area contributed by atoms with Crippen molar-refractivity contribution in [3.63, 3.8) is 0 Å². The summed E-state index contributed by atoms with van der Waals surface area (Å²) in [5.41, 5.74) is 11.3. The number of aliphatic hydroxyl groups is 1. The van der Waals surface area contributed by atoms with Gasteiger partial charge in [0.1, 0.15) is 11.9 Å². The number of nitrogen functional groups attached to an aromatic ring is 1. The molecule has 0 spiro atoms. The van der Waals surface area contributed by atoms with Crippen LogP contribution >= 0.6 is 11.3 Å². The minimum Gasteiger partial charge on any atom is -0.384 e. The summed E-state index contributed by atoms with van der Waals surface area (Å²) < 4.78 is 6.48. The number of nitrogens with two attached hydrogens (primary N) is 2. The summed E-state index contributed by atoms with van der Waals surface area (Å²) in [6.45, 7) is 6.22. The van der Waals surface area contributed by atoms with Gasteiger partial charge >= 0.3 is 0 Å². The lowest BCUT2D eigenvalue weighted by Gasteiger charge is -2.39. The number of rotatable bonds is 6. The topological polar surface area (TPSA) is 157 Å². The first kappa shape index (κ1) is 23.9. The Bertz CT molecular complexity index is 1200. The average Bonchev–Trinajstić information content (AvgIpc) is 3.31. The maximum Gasteiger partial charge on any atom is 0.219 e. The van der Waals surface area contributed by atoms with E-state index in [1.165, 1.54) is 0 Å². The van der Waals surface area contributed by atoms with Gasteiger partial charge in [-0.2, -0.15) is 0 Å². The predicted molar refractivity (Wildman–Crippen MR) is 134 cm³/mol. The zero-order valence-corrected chi connectivity index (χ0v) is 20.5. The van der Waals surface area contributed by atoms with Gasteiger partial charge in [0.2, 0.25) is 5.95 Å². The summed E-state index contributed by atoms with van der Waals surface area (Å²) in [6.07, 6.45) is 5.12. The van der Waals surface area contributed by atoms with E-state index in [1.807, 2.05) is 6.07 Å². The maximum absolute atomic E-state index is 11.6. The lowest BCUT2D eigenvalue weighted by Crippen LogP contribution is -2.52. The Hall–Kier alpha value is -2.77.